The number of fused-ring (bicyclic) bond motifs is 1. The van der Waals surface area contributed by atoms with E-state index in [9.17, 15) is 9.90 Å². The Morgan fingerprint density at radius 3 is 2.81 bits per heavy atom. The van der Waals surface area contributed by atoms with Gasteiger partial charge in [0, 0.05) is 19.0 Å². The molecule has 6 nitrogen and oxygen atoms in total. The number of aliphatic hydroxyl groups is 1. The van der Waals surface area contributed by atoms with Gasteiger partial charge in [-0.2, -0.15) is 0 Å². The number of benzene rings is 1. The number of carbonyl (C=O) groups excluding carboxylic acids is 1. The smallest absolute Gasteiger partial charge is 0.267 e. The summed E-state index contributed by atoms with van der Waals surface area (Å²) in [6.45, 7) is 0.885. The van der Waals surface area contributed by atoms with Crippen LogP contribution in [-0.4, -0.2) is 41.2 Å². The van der Waals surface area contributed by atoms with Crippen molar-refractivity contribution in [3.8, 4) is 11.5 Å². The van der Waals surface area contributed by atoms with Crippen molar-refractivity contribution in [3.63, 3.8) is 0 Å². The molecule has 0 unspecified atom stereocenters. The van der Waals surface area contributed by atoms with E-state index in [4.69, 9.17) is 13.9 Å². The monoisotopic (exact) mass is 371 g/mol. The van der Waals surface area contributed by atoms with Crippen molar-refractivity contribution in [1.29, 1.82) is 0 Å². The fourth-order valence-electron chi connectivity index (χ4n) is 3.89. The molecule has 6 heteroatoms. The van der Waals surface area contributed by atoms with Crippen LogP contribution in [0.15, 0.2) is 47.1 Å². The molecular formula is C21H25NO5. The van der Waals surface area contributed by atoms with Gasteiger partial charge in [0.15, 0.2) is 11.5 Å². The molecule has 1 fully saturated rings. The van der Waals surface area contributed by atoms with E-state index in [1.807, 2.05) is 29.2 Å². The Kier molecular flexibility index (Phi) is 5.34. The van der Waals surface area contributed by atoms with Gasteiger partial charge in [-0.15, -0.1) is 0 Å². The number of hydrogen-bond donors (Lipinski definition) is 1. The second kappa shape index (κ2) is 8.05. The number of nitrogens with zero attached hydrogens (tertiary/aromatic N) is 1. The standard InChI is InChI=1S/C21H25NO5/c23-16(17-10-6-12-25-17)13-15-7-2-1-5-11-22(15)21(24)20-14-26-18-8-3-4-9-19(18)27-20/h3-4,6,8-10,12,15-16,20,23H,1-2,5,7,11,13-14H2/t15-,16-,20+/m1/s1. The Hall–Kier alpha value is -2.47. The Labute approximate surface area is 158 Å². The number of amides is 1. The minimum Gasteiger partial charge on any atom is -0.485 e. The molecule has 0 saturated carbocycles. The molecule has 1 amide bonds. The molecule has 27 heavy (non-hydrogen) atoms. The van der Waals surface area contributed by atoms with Gasteiger partial charge in [-0.3, -0.25) is 4.79 Å². The lowest BCUT2D eigenvalue weighted by atomic mass is 10.0. The molecule has 1 aromatic carbocycles. The van der Waals surface area contributed by atoms with E-state index in [1.165, 1.54) is 0 Å². The summed E-state index contributed by atoms with van der Waals surface area (Å²) in [5, 5.41) is 10.5. The van der Waals surface area contributed by atoms with Gasteiger partial charge in [0.05, 0.1) is 6.26 Å². The van der Waals surface area contributed by atoms with Gasteiger partial charge in [0.1, 0.15) is 18.5 Å². The van der Waals surface area contributed by atoms with Crippen LogP contribution in [0, 0.1) is 0 Å². The predicted octanol–water partition coefficient (Wildman–Crippen LogP) is 3.31. The molecule has 3 atom stereocenters. The average Bonchev–Trinajstić information content (AvgIpc) is 3.15. The third-order valence-electron chi connectivity index (χ3n) is 5.31. The quantitative estimate of drug-likeness (QED) is 0.893. The molecule has 144 valence electrons. The minimum absolute atomic E-state index is 0.0409. The minimum atomic E-state index is -0.720. The molecule has 4 rings (SSSR count). The Bertz CT molecular complexity index is 760. The van der Waals surface area contributed by atoms with Crippen LogP contribution < -0.4 is 9.47 Å². The summed E-state index contributed by atoms with van der Waals surface area (Å²) in [5.74, 6) is 1.74. The van der Waals surface area contributed by atoms with E-state index < -0.39 is 12.2 Å². The summed E-state index contributed by atoms with van der Waals surface area (Å²) in [5.41, 5.74) is 0. The number of aliphatic hydroxyl groups excluding tert-OH is 1. The van der Waals surface area contributed by atoms with Gasteiger partial charge < -0.3 is 23.9 Å². The Morgan fingerprint density at radius 1 is 1.15 bits per heavy atom. The second-order valence-electron chi connectivity index (χ2n) is 7.17. The van der Waals surface area contributed by atoms with Crippen molar-refractivity contribution in [1.82, 2.24) is 4.90 Å². The molecular weight excluding hydrogens is 346 g/mol. The third-order valence-corrected chi connectivity index (χ3v) is 5.31. The van der Waals surface area contributed by atoms with Crippen LogP contribution in [-0.2, 0) is 4.79 Å². The molecule has 0 bridgehead atoms. The van der Waals surface area contributed by atoms with Crippen molar-refractivity contribution in [2.45, 2.75) is 50.4 Å². The van der Waals surface area contributed by atoms with E-state index in [-0.39, 0.29) is 18.6 Å². The summed E-state index contributed by atoms with van der Waals surface area (Å²) in [6.07, 6.45) is 4.61. The van der Waals surface area contributed by atoms with E-state index in [0.29, 0.717) is 30.2 Å². The molecule has 3 heterocycles. The average molecular weight is 371 g/mol. The fraction of sp³-hybridized carbons (Fsp3) is 0.476. The number of rotatable bonds is 4. The normalized spacial score (nSPS) is 23.5. The molecule has 0 radical (unpaired) electrons. The van der Waals surface area contributed by atoms with Gasteiger partial charge in [-0.05, 0) is 37.1 Å². The van der Waals surface area contributed by atoms with Gasteiger partial charge in [0.2, 0.25) is 6.10 Å². The highest BCUT2D eigenvalue weighted by molar-refractivity contribution is 5.82. The molecule has 2 aliphatic rings. The molecule has 1 N–H and O–H groups in total. The van der Waals surface area contributed by atoms with Crippen LogP contribution in [0.5, 0.6) is 11.5 Å². The Balaban J connectivity index is 1.48. The fourth-order valence-corrected chi connectivity index (χ4v) is 3.89. The summed E-state index contributed by atoms with van der Waals surface area (Å²) < 4.78 is 17.0. The number of para-hydroxylation sites is 2. The largest absolute Gasteiger partial charge is 0.485 e. The molecule has 0 spiro atoms. The second-order valence-corrected chi connectivity index (χ2v) is 7.17. The summed E-state index contributed by atoms with van der Waals surface area (Å²) >= 11 is 0. The van der Waals surface area contributed by atoms with Crippen molar-refractivity contribution in [3.05, 3.63) is 48.4 Å². The molecule has 2 aliphatic heterocycles. The van der Waals surface area contributed by atoms with Crippen LogP contribution in [0.4, 0.5) is 0 Å². The van der Waals surface area contributed by atoms with Crippen LogP contribution >= 0.6 is 0 Å². The summed E-state index contributed by atoms with van der Waals surface area (Å²) in [7, 11) is 0. The number of furan rings is 1. The highest BCUT2D eigenvalue weighted by atomic mass is 16.6. The van der Waals surface area contributed by atoms with Crippen LogP contribution in [0.3, 0.4) is 0 Å². The van der Waals surface area contributed by atoms with E-state index in [1.54, 1.807) is 18.4 Å². The number of likely N-dealkylation sites (tertiary alicyclic amines) is 1. The number of hydrogen-bond acceptors (Lipinski definition) is 5. The maximum absolute atomic E-state index is 13.2. The highest BCUT2D eigenvalue weighted by Gasteiger charge is 2.36. The molecule has 1 aromatic heterocycles. The van der Waals surface area contributed by atoms with Gasteiger partial charge in [-0.25, -0.2) is 0 Å². The lowest BCUT2D eigenvalue weighted by Crippen LogP contribution is -2.50. The maximum atomic E-state index is 13.2. The van der Waals surface area contributed by atoms with Crippen molar-refractivity contribution in [2.75, 3.05) is 13.2 Å². The van der Waals surface area contributed by atoms with Gasteiger partial charge in [0.25, 0.3) is 5.91 Å². The van der Waals surface area contributed by atoms with E-state index in [0.717, 1.165) is 25.7 Å². The first kappa shape index (κ1) is 17.9. The third kappa shape index (κ3) is 3.95. The Morgan fingerprint density at radius 2 is 2.00 bits per heavy atom. The zero-order valence-corrected chi connectivity index (χ0v) is 15.3. The van der Waals surface area contributed by atoms with E-state index >= 15 is 0 Å². The highest BCUT2D eigenvalue weighted by Crippen LogP contribution is 2.33. The molecule has 2 aromatic rings. The van der Waals surface area contributed by atoms with Crippen LogP contribution in [0.25, 0.3) is 0 Å². The summed E-state index contributed by atoms with van der Waals surface area (Å²) in [6, 6.07) is 10.9. The SMILES string of the molecule is O=C([C@@H]1COc2ccccc2O1)N1CCCCC[C@@H]1C[C@@H](O)c1ccco1. The summed E-state index contributed by atoms with van der Waals surface area (Å²) in [4.78, 5) is 15.1. The van der Waals surface area contributed by atoms with Crippen molar-refractivity contribution >= 4 is 5.91 Å². The first-order valence-corrected chi connectivity index (χ1v) is 9.63. The zero-order chi connectivity index (χ0) is 18.6. The lowest BCUT2D eigenvalue weighted by Gasteiger charge is -2.35. The maximum Gasteiger partial charge on any atom is 0.267 e. The number of ether oxygens (including phenoxy) is 2. The first-order valence-electron chi connectivity index (χ1n) is 9.63. The van der Waals surface area contributed by atoms with Crippen molar-refractivity contribution < 1.29 is 23.8 Å². The van der Waals surface area contributed by atoms with E-state index in [2.05, 4.69) is 0 Å². The van der Waals surface area contributed by atoms with Gasteiger partial charge in [-0.1, -0.05) is 25.0 Å². The van der Waals surface area contributed by atoms with Crippen LogP contribution in [0.1, 0.15) is 44.0 Å². The van der Waals surface area contributed by atoms with Gasteiger partial charge >= 0.3 is 0 Å². The molecule has 1 saturated heterocycles. The first-order chi connectivity index (χ1) is 13.2. The topological polar surface area (TPSA) is 72.1 Å². The molecule has 0 aliphatic carbocycles. The van der Waals surface area contributed by atoms with Crippen molar-refractivity contribution in [2.24, 2.45) is 0 Å². The zero-order valence-electron chi connectivity index (χ0n) is 15.3. The lowest BCUT2D eigenvalue weighted by molar-refractivity contribution is -0.144. The number of carbonyl (C=O) groups is 1. The van der Waals surface area contributed by atoms with Crippen LogP contribution in [0.2, 0.25) is 0 Å². The predicted molar refractivity (Wildman–Crippen MR) is 98.6 cm³/mol.